The first-order valence-electron chi connectivity index (χ1n) is 7.22. The fourth-order valence-corrected chi connectivity index (χ4v) is 3.36. The van der Waals surface area contributed by atoms with Gasteiger partial charge in [-0.15, -0.1) is 11.3 Å². The van der Waals surface area contributed by atoms with Crippen molar-refractivity contribution < 1.29 is 4.74 Å². The molecule has 2 nitrogen and oxygen atoms in total. The van der Waals surface area contributed by atoms with E-state index in [-0.39, 0.29) is 0 Å². The predicted molar refractivity (Wildman–Crippen MR) is 78.2 cm³/mol. The maximum absolute atomic E-state index is 5.95. The topological polar surface area (TPSA) is 21.3 Å². The molecule has 1 aliphatic rings. The van der Waals surface area contributed by atoms with Gasteiger partial charge in [0, 0.05) is 22.8 Å². The third-order valence-corrected chi connectivity index (χ3v) is 4.53. The van der Waals surface area contributed by atoms with Crippen molar-refractivity contribution >= 4 is 11.3 Å². The van der Waals surface area contributed by atoms with Crippen molar-refractivity contribution in [2.24, 2.45) is 0 Å². The monoisotopic (exact) mass is 267 g/mol. The molecule has 0 spiro atoms. The molecule has 1 aromatic rings. The van der Waals surface area contributed by atoms with E-state index in [1.165, 1.54) is 48.3 Å². The Morgan fingerprint density at radius 2 is 2.00 bits per heavy atom. The van der Waals surface area contributed by atoms with E-state index < -0.39 is 0 Å². The van der Waals surface area contributed by atoms with Crippen molar-refractivity contribution in [1.29, 1.82) is 0 Å². The molecule has 1 N–H and O–H groups in total. The Labute approximate surface area is 115 Å². The molecule has 1 heterocycles. The molecule has 1 aromatic heterocycles. The maximum atomic E-state index is 5.95. The largest absolute Gasteiger partial charge is 0.377 e. The summed E-state index contributed by atoms with van der Waals surface area (Å²) in [7, 11) is 0. The van der Waals surface area contributed by atoms with E-state index in [2.05, 4.69) is 24.4 Å². The molecule has 1 saturated carbocycles. The van der Waals surface area contributed by atoms with E-state index in [9.17, 15) is 0 Å². The number of hydrogen-bond acceptors (Lipinski definition) is 3. The molecule has 3 heteroatoms. The summed E-state index contributed by atoms with van der Waals surface area (Å²) in [4.78, 5) is 2.81. The van der Waals surface area contributed by atoms with Crippen LogP contribution in [-0.4, -0.2) is 19.3 Å². The van der Waals surface area contributed by atoms with E-state index in [0.717, 1.165) is 19.7 Å². The number of rotatable bonds is 6. The summed E-state index contributed by atoms with van der Waals surface area (Å²) >= 11 is 1.87. The molecule has 0 amide bonds. The number of aryl methyl sites for hydroxylation is 1. The minimum atomic E-state index is 0.526. The normalized spacial score (nSPS) is 17.8. The predicted octanol–water partition coefficient (Wildman–Crippen LogP) is 3.89. The Hall–Kier alpha value is -0.380. The van der Waals surface area contributed by atoms with Crippen LogP contribution in [0.15, 0.2) is 12.1 Å². The van der Waals surface area contributed by atoms with E-state index in [1.54, 1.807) is 0 Å². The highest BCUT2D eigenvalue weighted by atomic mass is 32.1. The molecular formula is C15H25NOS. The van der Waals surface area contributed by atoms with E-state index in [4.69, 9.17) is 4.74 Å². The molecular weight excluding hydrogens is 242 g/mol. The van der Waals surface area contributed by atoms with E-state index in [1.807, 2.05) is 11.3 Å². The van der Waals surface area contributed by atoms with Gasteiger partial charge in [-0.1, -0.05) is 25.7 Å². The number of nitrogens with one attached hydrogen (secondary N) is 1. The summed E-state index contributed by atoms with van der Waals surface area (Å²) in [6, 6.07) is 4.39. The summed E-state index contributed by atoms with van der Waals surface area (Å²) in [5.74, 6) is 0. The molecule has 0 radical (unpaired) electrons. The van der Waals surface area contributed by atoms with Gasteiger partial charge in [0.2, 0.25) is 0 Å². The van der Waals surface area contributed by atoms with Gasteiger partial charge in [-0.2, -0.15) is 0 Å². The second-order valence-corrected chi connectivity index (χ2v) is 6.55. The van der Waals surface area contributed by atoms with Crippen LogP contribution in [0.2, 0.25) is 0 Å². The van der Waals surface area contributed by atoms with Gasteiger partial charge in [0.15, 0.2) is 0 Å². The van der Waals surface area contributed by atoms with Gasteiger partial charge < -0.3 is 10.1 Å². The van der Waals surface area contributed by atoms with Gasteiger partial charge in [-0.3, -0.25) is 0 Å². The second kappa shape index (κ2) is 7.93. The van der Waals surface area contributed by atoms with Crippen LogP contribution in [0, 0.1) is 6.92 Å². The minimum absolute atomic E-state index is 0.526. The molecule has 1 aliphatic carbocycles. The summed E-state index contributed by atoms with van der Waals surface area (Å²) in [5.41, 5.74) is 0. The average molecular weight is 267 g/mol. The standard InChI is InChI=1S/C15H25NOS/c1-13-8-9-15(18-13)12-16-10-11-17-14-6-4-2-3-5-7-14/h8-9,14,16H,2-7,10-12H2,1H3. The third kappa shape index (κ3) is 5.09. The summed E-state index contributed by atoms with van der Waals surface area (Å²) in [6.45, 7) is 4.96. The SMILES string of the molecule is Cc1ccc(CNCCOC2CCCCCC2)s1. The molecule has 1 fully saturated rings. The molecule has 0 aliphatic heterocycles. The second-order valence-electron chi connectivity index (χ2n) is 5.17. The Balaban J connectivity index is 1.52. The summed E-state index contributed by atoms with van der Waals surface area (Å²) < 4.78 is 5.95. The molecule has 0 bridgehead atoms. The van der Waals surface area contributed by atoms with Crippen molar-refractivity contribution in [3.63, 3.8) is 0 Å². The Bertz CT molecular complexity index is 329. The van der Waals surface area contributed by atoms with Gasteiger partial charge in [-0.05, 0) is 31.9 Å². The lowest BCUT2D eigenvalue weighted by Crippen LogP contribution is -2.22. The first-order valence-corrected chi connectivity index (χ1v) is 8.04. The first kappa shape index (κ1) is 14.0. The fourth-order valence-electron chi connectivity index (χ4n) is 2.50. The highest BCUT2D eigenvalue weighted by Crippen LogP contribution is 2.19. The molecule has 18 heavy (non-hydrogen) atoms. The van der Waals surface area contributed by atoms with Crippen molar-refractivity contribution in [3.05, 3.63) is 21.9 Å². The highest BCUT2D eigenvalue weighted by Gasteiger charge is 2.11. The van der Waals surface area contributed by atoms with Crippen LogP contribution in [0.4, 0.5) is 0 Å². The molecule has 0 unspecified atom stereocenters. The Morgan fingerprint density at radius 3 is 2.67 bits per heavy atom. The fraction of sp³-hybridized carbons (Fsp3) is 0.733. The van der Waals surface area contributed by atoms with E-state index in [0.29, 0.717) is 6.10 Å². The smallest absolute Gasteiger partial charge is 0.0594 e. The van der Waals surface area contributed by atoms with Crippen LogP contribution in [-0.2, 0) is 11.3 Å². The zero-order valence-corrected chi connectivity index (χ0v) is 12.2. The lowest BCUT2D eigenvalue weighted by Gasteiger charge is -2.15. The van der Waals surface area contributed by atoms with Crippen molar-refractivity contribution in [2.45, 2.75) is 58.1 Å². The molecule has 0 saturated heterocycles. The van der Waals surface area contributed by atoms with Crippen molar-refractivity contribution in [2.75, 3.05) is 13.2 Å². The van der Waals surface area contributed by atoms with Crippen LogP contribution >= 0.6 is 11.3 Å². The lowest BCUT2D eigenvalue weighted by molar-refractivity contribution is 0.0451. The number of ether oxygens (including phenoxy) is 1. The van der Waals surface area contributed by atoms with Crippen LogP contribution < -0.4 is 5.32 Å². The molecule has 102 valence electrons. The highest BCUT2D eigenvalue weighted by molar-refractivity contribution is 7.11. The number of hydrogen-bond donors (Lipinski definition) is 1. The third-order valence-electron chi connectivity index (χ3n) is 3.53. The summed E-state index contributed by atoms with van der Waals surface area (Å²) in [6.07, 6.45) is 8.57. The van der Waals surface area contributed by atoms with Crippen LogP contribution in [0.25, 0.3) is 0 Å². The Kier molecular flexibility index (Phi) is 6.18. The zero-order valence-electron chi connectivity index (χ0n) is 11.4. The quantitative estimate of drug-likeness (QED) is 0.624. The average Bonchev–Trinajstić information content (AvgIpc) is 2.64. The summed E-state index contributed by atoms with van der Waals surface area (Å²) in [5, 5.41) is 3.46. The van der Waals surface area contributed by atoms with Crippen LogP contribution in [0.3, 0.4) is 0 Å². The van der Waals surface area contributed by atoms with Gasteiger partial charge >= 0.3 is 0 Å². The molecule has 2 rings (SSSR count). The van der Waals surface area contributed by atoms with Gasteiger partial charge in [0.25, 0.3) is 0 Å². The van der Waals surface area contributed by atoms with Crippen LogP contribution in [0.5, 0.6) is 0 Å². The first-order chi connectivity index (χ1) is 8.84. The lowest BCUT2D eigenvalue weighted by atomic mass is 10.1. The van der Waals surface area contributed by atoms with E-state index >= 15 is 0 Å². The van der Waals surface area contributed by atoms with Crippen molar-refractivity contribution in [3.8, 4) is 0 Å². The van der Waals surface area contributed by atoms with Crippen molar-refractivity contribution in [1.82, 2.24) is 5.32 Å². The molecule has 0 aromatic carbocycles. The zero-order chi connectivity index (χ0) is 12.6. The Morgan fingerprint density at radius 1 is 1.22 bits per heavy atom. The minimum Gasteiger partial charge on any atom is -0.377 e. The molecule has 0 atom stereocenters. The van der Waals surface area contributed by atoms with Crippen LogP contribution in [0.1, 0.15) is 48.3 Å². The van der Waals surface area contributed by atoms with Gasteiger partial charge in [-0.25, -0.2) is 0 Å². The maximum Gasteiger partial charge on any atom is 0.0594 e. The van der Waals surface area contributed by atoms with Gasteiger partial charge in [0.05, 0.1) is 12.7 Å². The number of thiophene rings is 1. The van der Waals surface area contributed by atoms with Gasteiger partial charge in [0.1, 0.15) is 0 Å².